The number of carbonyl (C=O) groups excluding carboxylic acids is 1. The molecule has 1 aliphatic heterocycles. The average molecular weight is 113 g/mol. The van der Waals surface area contributed by atoms with E-state index in [2.05, 4.69) is 4.74 Å². The van der Waals surface area contributed by atoms with Crippen molar-refractivity contribution in [2.75, 3.05) is 6.61 Å². The summed E-state index contributed by atoms with van der Waals surface area (Å²) in [6, 6.07) is -0.104. The van der Waals surface area contributed by atoms with Crippen LogP contribution in [0.2, 0.25) is 0 Å². The van der Waals surface area contributed by atoms with E-state index in [1.165, 1.54) is 6.08 Å². The summed E-state index contributed by atoms with van der Waals surface area (Å²) < 4.78 is 4.54. The van der Waals surface area contributed by atoms with Crippen molar-refractivity contribution in [1.29, 1.82) is 0 Å². The summed E-state index contributed by atoms with van der Waals surface area (Å²) in [5.41, 5.74) is 5.33. The van der Waals surface area contributed by atoms with Gasteiger partial charge in [-0.15, -0.1) is 0 Å². The van der Waals surface area contributed by atoms with E-state index >= 15 is 0 Å². The molecule has 8 heavy (non-hydrogen) atoms. The van der Waals surface area contributed by atoms with Crippen LogP contribution in [0.5, 0.6) is 0 Å². The fraction of sp³-hybridized carbons (Fsp3) is 0.400. The summed E-state index contributed by atoms with van der Waals surface area (Å²) in [7, 11) is 0. The zero-order valence-electron chi connectivity index (χ0n) is 4.33. The van der Waals surface area contributed by atoms with Crippen LogP contribution in [0.4, 0.5) is 0 Å². The van der Waals surface area contributed by atoms with Crippen LogP contribution in [0.1, 0.15) is 0 Å². The Labute approximate surface area is 47.1 Å². The van der Waals surface area contributed by atoms with E-state index in [0.29, 0.717) is 6.61 Å². The van der Waals surface area contributed by atoms with Crippen LogP contribution in [0, 0.1) is 0 Å². The van der Waals surface area contributed by atoms with Crippen molar-refractivity contribution in [1.82, 2.24) is 0 Å². The largest absolute Gasteiger partial charge is 0.461 e. The SMILES string of the molecule is N[C@H]1C=CC(=O)OC1. The molecule has 1 atom stereocenters. The molecule has 1 rings (SSSR count). The van der Waals surface area contributed by atoms with E-state index in [1.54, 1.807) is 6.08 Å². The number of rotatable bonds is 0. The number of esters is 1. The van der Waals surface area contributed by atoms with E-state index < -0.39 is 0 Å². The van der Waals surface area contributed by atoms with E-state index in [-0.39, 0.29) is 12.0 Å². The van der Waals surface area contributed by atoms with Crippen LogP contribution < -0.4 is 5.73 Å². The fourth-order valence-electron chi connectivity index (χ4n) is 0.484. The standard InChI is InChI=1S/C5H7NO2/c6-4-1-2-5(7)8-3-4/h1-2,4H,3,6H2/t4-/m0/s1. The molecule has 0 radical (unpaired) electrons. The van der Waals surface area contributed by atoms with Crippen LogP contribution in [0.3, 0.4) is 0 Å². The molecule has 0 aromatic rings. The molecule has 1 heterocycles. The number of hydrogen-bond donors (Lipinski definition) is 1. The lowest BCUT2D eigenvalue weighted by Crippen LogP contribution is -2.28. The lowest BCUT2D eigenvalue weighted by Gasteiger charge is -2.10. The molecule has 0 spiro atoms. The molecule has 0 amide bonds. The summed E-state index contributed by atoms with van der Waals surface area (Å²) in [4.78, 5) is 10.2. The third kappa shape index (κ3) is 1.07. The summed E-state index contributed by atoms with van der Waals surface area (Å²) in [6.07, 6.45) is 2.97. The lowest BCUT2D eigenvalue weighted by molar-refractivity contribution is -0.138. The highest BCUT2D eigenvalue weighted by molar-refractivity contribution is 5.82. The normalized spacial score (nSPS) is 27.6. The zero-order chi connectivity index (χ0) is 5.98. The Hall–Kier alpha value is -0.830. The van der Waals surface area contributed by atoms with Gasteiger partial charge in [-0.25, -0.2) is 4.79 Å². The number of carbonyl (C=O) groups is 1. The first kappa shape index (κ1) is 5.31. The molecule has 2 N–H and O–H groups in total. The van der Waals surface area contributed by atoms with E-state index in [4.69, 9.17) is 5.73 Å². The second kappa shape index (κ2) is 1.96. The molecule has 0 fully saturated rings. The van der Waals surface area contributed by atoms with Crippen LogP contribution in [-0.4, -0.2) is 18.6 Å². The smallest absolute Gasteiger partial charge is 0.330 e. The van der Waals surface area contributed by atoms with Gasteiger partial charge in [0.25, 0.3) is 0 Å². The highest BCUT2D eigenvalue weighted by Gasteiger charge is 2.07. The Morgan fingerprint density at radius 1 is 1.88 bits per heavy atom. The molecule has 1 aliphatic rings. The predicted octanol–water partition coefficient (Wildman–Crippen LogP) is -0.573. The Morgan fingerprint density at radius 2 is 2.62 bits per heavy atom. The van der Waals surface area contributed by atoms with Gasteiger partial charge in [0.2, 0.25) is 0 Å². The summed E-state index contributed by atoms with van der Waals surface area (Å²) >= 11 is 0. The third-order valence-electron chi connectivity index (χ3n) is 0.898. The first-order valence-electron chi connectivity index (χ1n) is 2.39. The molecule has 0 aromatic heterocycles. The second-order valence-electron chi connectivity index (χ2n) is 1.65. The third-order valence-corrected chi connectivity index (χ3v) is 0.898. The number of cyclic esters (lactones) is 1. The topological polar surface area (TPSA) is 52.3 Å². The molecule has 0 bridgehead atoms. The van der Waals surface area contributed by atoms with Gasteiger partial charge in [0.05, 0.1) is 6.04 Å². The van der Waals surface area contributed by atoms with Crippen molar-refractivity contribution >= 4 is 5.97 Å². The maximum Gasteiger partial charge on any atom is 0.330 e. The van der Waals surface area contributed by atoms with E-state index in [0.717, 1.165) is 0 Å². The Morgan fingerprint density at radius 3 is 3.00 bits per heavy atom. The number of nitrogens with two attached hydrogens (primary N) is 1. The maximum atomic E-state index is 10.2. The maximum absolute atomic E-state index is 10.2. The second-order valence-corrected chi connectivity index (χ2v) is 1.65. The van der Waals surface area contributed by atoms with Crippen LogP contribution >= 0.6 is 0 Å². The monoisotopic (exact) mass is 113 g/mol. The van der Waals surface area contributed by atoms with Crippen LogP contribution in [-0.2, 0) is 9.53 Å². The van der Waals surface area contributed by atoms with Crippen molar-refractivity contribution < 1.29 is 9.53 Å². The zero-order valence-corrected chi connectivity index (χ0v) is 4.33. The quantitative estimate of drug-likeness (QED) is 0.428. The molecular weight excluding hydrogens is 106 g/mol. The first-order chi connectivity index (χ1) is 3.79. The number of ether oxygens (including phenoxy) is 1. The number of hydrogen-bond acceptors (Lipinski definition) is 3. The molecule has 44 valence electrons. The Balaban J connectivity index is 2.55. The summed E-state index contributed by atoms with van der Waals surface area (Å²) in [5, 5.41) is 0. The lowest BCUT2D eigenvalue weighted by atomic mass is 10.3. The van der Waals surface area contributed by atoms with Gasteiger partial charge in [-0.3, -0.25) is 0 Å². The minimum Gasteiger partial charge on any atom is -0.461 e. The van der Waals surface area contributed by atoms with Crippen molar-refractivity contribution in [3.8, 4) is 0 Å². The fourth-order valence-corrected chi connectivity index (χ4v) is 0.484. The average Bonchev–Trinajstić information content (AvgIpc) is 1.77. The molecule has 3 nitrogen and oxygen atoms in total. The summed E-state index contributed by atoms with van der Waals surface area (Å²) in [6.45, 7) is 0.315. The molecule has 0 saturated carbocycles. The summed E-state index contributed by atoms with van der Waals surface area (Å²) in [5.74, 6) is -0.299. The molecule has 3 heteroatoms. The Kier molecular flexibility index (Phi) is 1.30. The minimum atomic E-state index is -0.299. The molecule has 0 aliphatic carbocycles. The van der Waals surface area contributed by atoms with Crippen molar-refractivity contribution in [2.45, 2.75) is 6.04 Å². The predicted molar refractivity (Wildman–Crippen MR) is 28.1 cm³/mol. The molecule has 0 aromatic carbocycles. The highest BCUT2D eigenvalue weighted by Crippen LogP contribution is 1.93. The van der Waals surface area contributed by atoms with Gasteiger partial charge in [0.15, 0.2) is 0 Å². The highest BCUT2D eigenvalue weighted by atomic mass is 16.5. The van der Waals surface area contributed by atoms with Crippen LogP contribution in [0.25, 0.3) is 0 Å². The van der Waals surface area contributed by atoms with Crippen molar-refractivity contribution in [2.24, 2.45) is 5.73 Å². The van der Waals surface area contributed by atoms with Gasteiger partial charge < -0.3 is 10.5 Å². The van der Waals surface area contributed by atoms with Crippen LogP contribution in [0.15, 0.2) is 12.2 Å². The molecule has 0 unspecified atom stereocenters. The van der Waals surface area contributed by atoms with Gasteiger partial charge in [0.1, 0.15) is 6.61 Å². The molecule has 0 saturated heterocycles. The van der Waals surface area contributed by atoms with Crippen molar-refractivity contribution in [3.05, 3.63) is 12.2 Å². The van der Waals surface area contributed by atoms with E-state index in [1.807, 2.05) is 0 Å². The molecular formula is C5H7NO2. The first-order valence-corrected chi connectivity index (χ1v) is 2.39. The van der Waals surface area contributed by atoms with Crippen molar-refractivity contribution in [3.63, 3.8) is 0 Å². The van der Waals surface area contributed by atoms with E-state index in [9.17, 15) is 4.79 Å². The van der Waals surface area contributed by atoms with Gasteiger partial charge >= 0.3 is 5.97 Å². The van der Waals surface area contributed by atoms with Gasteiger partial charge in [-0.05, 0) is 0 Å². The minimum absolute atomic E-state index is 0.104. The Bertz CT molecular complexity index is 130. The van der Waals surface area contributed by atoms with Gasteiger partial charge in [-0.1, -0.05) is 6.08 Å². The van der Waals surface area contributed by atoms with Gasteiger partial charge in [-0.2, -0.15) is 0 Å². The van der Waals surface area contributed by atoms with Gasteiger partial charge in [0, 0.05) is 6.08 Å².